The van der Waals surface area contributed by atoms with Crippen LogP contribution in [0.15, 0.2) is 40.5 Å². The van der Waals surface area contributed by atoms with Gasteiger partial charge in [-0.25, -0.2) is 4.98 Å². The highest BCUT2D eigenvalue weighted by molar-refractivity contribution is 7.14. The number of nitrogens with one attached hydrogen (secondary N) is 2. The zero-order valence-corrected chi connectivity index (χ0v) is 16.6. The number of primary amides is 1. The lowest BCUT2D eigenvalue weighted by atomic mass is 10.2. The first-order valence-electron chi connectivity index (χ1n) is 8.84. The van der Waals surface area contributed by atoms with Crippen LogP contribution >= 0.6 is 11.3 Å². The van der Waals surface area contributed by atoms with Crippen molar-refractivity contribution in [1.29, 1.82) is 0 Å². The summed E-state index contributed by atoms with van der Waals surface area (Å²) in [5.74, 6) is -0.462. The molecule has 4 N–H and O–H groups in total. The summed E-state index contributed by atoms with van der Waals surface area (Å²) in [6.07, 6.45) is 0. The monoisotopic (exact) mass is 415 g/mol. The van der Waals surface area contributed by atoms with E-state index in [2.05, 4.69) is 15.3 Å². The Balaban J connectivity index is 1.74. The summed E-state index contributed by atoms with van der Waals surface area (Å²) in [7, 11) is 1.57. The van der Waals surface area contributed by atoms with E-state index < -0.39 is 5.91 Å². The number of aromatic amines is 1. The third-order valence-corrected chi connectivity index (χ3v) is 5.03. The van der Waals surface area contributed by atoms with E-state index in [9.17, 15) is 14.4 Å². The van der Waals surface area contributed by atoms with Gasteiger partial charge in [0, 0.05) is 13.7 Å². The average Bonchev–Trinajstić information content (AvgIpc) is 3.14. The smallest absolute Gasteiger partial charge is 0.258 e. The fourth-order valence-electron chi connectivity index (χ4n) is 2.83. The Labute approximate surface area is 170 Å². The molecule has 0 radical (unpaired) electrons. The first-order chi connectivity index (χ1) is 14.0. The minimum atomic E-state index is -0.601. The van der Waals surface area contributed by atoms with Gasteiger partial charge < -0.3 is 20.8 Å². The summed E-state index contributed by atoms with van der Waals surface area (Å²) in [5, 5.41) is 5.31. The van der Waals surface area contributed by atoms with Gasteiger partial charge in [0.25, 0.3) is 11.5 Å². The summed E-state index contributed by atoms with van der Waals surface area (Å²) in [4.78, 5) is 45.2. The Morgan fingerprint density at radius 3 is 2.86 bits per heavy atom. The van der Waals surface area contributed by atoms with Gasteiger partial charge in [-0.3, -0.25) is 19.3 Å². The van der Waals surface area contributed by atoms with Crippen molar-refractivity contribution in [3.63, 3.8) is 0 Å². The van der Waals surface area contributed by atoms with E-state index in [1.165, 1.54) is 11.3 Å². The van der Waals surface area contributed by atoms with E-state index in [0.29, 0.717) is 34.9 Å². The van der Waals surface area contributed by atoms with Gasteiger partial charge in [-0.15, -0.1) is 11.3 Å². The fraction of sp³-hybridized carbons (Fsp3) is 0.263. The van der Waals surface area contributed by atoms with Crippen LogP contribution in [0, 0.1) is 0 Å². The average molecular weight is 415 g/mol. The summed E-state index contributed by atoms with van der Waals surface area (Å²) in [6, 6.07) is 8.63. The predicted octanol–water partition coefficient (Wildman–Crippen LogP) is 1.17. The third kappa shape index (κ3) is 5.25. The Morgan fingerprint density at radius 2 is 2.10 bits per heavy atom. The number of ether oxygens (including phenoxy) is 1. The van der Waals surface area contributed by atoms with Crippen molar-refractivity contribution in [2.24, 2.45) is 5.73 Å². The van der Waals surface area contributed by atoms with Crippen LogP contribution in [0.25, 0.3) is 10.9 Å². The number of carbonyl (C=O) groups is 2. The number of thiophene rings is 1. The number of nitrogens with two attached hydrogens (primary N) is 1. The molecule has 2 amide bonds. The molecule has 0 aliphatic heterocycles. The zero-order valence-electron chi connectivity index (χ0n) is 15.8. The topological polar surface area (TPSA) is 130 Å². The van der Waals surface area contributed by atoms with Crippen LogP contribution in [0.4, 0.5) is 5.00 Å². The van der Waals surface area contributed by atoms with Crippen molar-refractivity contribution >= 4 is 39.1 Å². The molecule has 2 aromatic heterocycles. The predicted molar refractivity (Wildman–Crippen MR) is 111 cm³/mol. The van der Waals surface area contributed by atoms with Gasteiger partial charge in [0.1, 0.15) is 10.8 Å². The second-order valence-corrected chi connectivity index (χ2v) is 7.23. The van der Waals surface area contributed by atoms with Crippen LogP contribution < -0.4 is 16.6 Å². The fourth-order valence-corrected chi connectivity index (χ4v) is 3.63. The number of hydrogen-bond donors (Lipinski definition) is 3. The van der Waals surface area contributed by atoms with E-state index in [4.69, 9.17) is 10.5 Å². The van der Waals surface area contributed by atoms with E-state index >= 15 is 0 Å². The highest BCUT2D eigenvalue weighted by Crippen LogP contribution is 2.22. The molecule has 0 unspecified atom stereocenters. The Kier molecular flexibility index (Phi) is 6.70. The van der Waals surface area contributed by atoms with Crippen molar-refractivity contribution in [3.8, 4) is 0 Å². The first-order valence-corrected chi connectivity index (χ1v) is 9.72. The summed E-state index contributed by atoms with van der Waals surface area (Å²) in [6.45, 7) is 1.13. The van der Waals surface area contributed by atoms with Crippen molar-refractivity contribution in [2.75, 3.05) is 32.1 Å². The number of rotatable bonds is 9. The molecule has 0 saturated carbocycles. The number of methoxy groups -OCH3 is 1. The van der Waals surface area contributed by atoms with Gasteiger partial charge in [-0.05, 0) is 23.6 Å². The zero-order chi connectivity index (χ0) is 20.8. The second-order valence-electron chi connectivity index (χ2n) is 6.31. The van der Waals surface area contributed by atoms with Gasteiger partial charge in [0.2, 0.25) is 5.91 Å². The summed E-state index contributed by atoms with van der Waals surface area (Å²) < 4.78 is 5.12. The molecule has 152 valence electrons. The highest BCUT2D eigenvalue weighted by atomic mass is 32.1. The number of aromatic nitrogens is 2. The largest absolute Gasteiger partial charge is 0.383 e. The molecule has 10 heteroatoms. The molecule has 0 fully saturated rings. The SMILES string of the molecule is COCCN(CC(=O)Nc1sccc1C(N)=O)Cc1nc2ccccc2c(=O)[nH]1. The third-order valence-electron chi connectivity index (χ3n) is 4.20. The van der Waals surface area contributed by atoms with Gasteiger partial charge in [-0.2, -0.15) is 0 Å². The molecule has 9 nitrogen and oxygen atoms in total. The lowest BCUT2D eigenvalue weighted by Crippen LogP contribution is -2.36. The molecule has 3 rings (SSSR count). The number of nitrogens with zero attached hydrogens (tertiary/aromatic N) is 2. The normalized spacial score (nSPS) is 11.1. The number of para-hydroxylation sites is 1. The minimum Gasteiger partial charge on any atom is -0.383 e. The number of anilines is 1. The molecular weight excluding hydrogens is 394 g/mol. The molecule has 0 spiro atoms. The van der Waals surface area contributed by atoms with Gasteiger partial charge in [0.05, 0.1) is 36.2 Å². The second kappa shape index (κ2) is 9.41. The van der Waals surface area contributed by atoms with Gasteiger partial charge in [0.15, 0.2) is 0 Å². The number of benzene rings is 1. The summed E-state index contributed by atoms with van der Waals surface area (Å²) in [5.41, 5.74) is 5.94. The molecular formula is C19H21N5O4S. The Bertz CT molecular complexity index is 1080. The van der Waals surface area contributed by atoms with Crippen LogP contribution in [0.3, 0.4) is 0 Å². The standard InChI is InChI=1S/C19H21N5O4S/c1-28-8-7-24(11-16(25)23-19-13(17(20)26)6-9-29-19)10-15-21-14-5-3-2-4-12(14)18(27)22-15/h2-6,9H,7-8,10-11H2,1H3,(H2,20,26)(H,23,25)(H,21,22,27). The van der Waals surface area contributed by atoms with Gasteiger partial charge >= 0.3 is 0 Å². The molecule has 2 heterocycles. The Hall–Kier alpha value is -3.08. The number of fused-ring (bicyclic) bond motifs is 1. The van der Waals surface area contributed by atoms with Crippen LogP contribution in [0.5, 0.6) is 0 Å². The molecule has 0 aliphatic carbocycles. The summed E-state index contributed by atoms with van der Waals surface area (Å²) >= 11 is 1.22. The lowest BCUT2D eigenvalue weighted by molar-refractivity contribution is -0.117. The van der Waals surface area contributed by atoms with Crippen LogP contribution in [-0.2, 0) is 16.1 Å². The molecule has 0 atom stereocenters. The molecule has 3 aromatic rings. The number of H-pyrrole nitrogens is 1. The quantitative estimate of drug-likeness (QED) is 0.481. The van der Waals surface area contributed by atoms with Crippen LogP contribution in [-0.4, -0.2) is 53.5 Å². The van der Waals surface area contributed by atoms with E-state index in [-0.39, 0.29) is 30.1 Å². The number of carbonyl (C=O) groups excluding carboxylic acids is 2. The van der Waals surface area contributed by atoms with Crippen molar-refractivity contribution in [1.82, 2.24) is 14.9 Å². The minimum absolute atomic E-state index is 0.0238. The maximum absolute atomic E-state index is 12.5. The molecule has 29 heavy (non-hydrogen) atoms. The van der Waals surface area contributed by atoms with Crippen molar-refractivity contribution < 1.29 is 14.3 Å². The number of amides is 2. The van der Waals surface area contributed by atoms with E-state index in [1.807, 2.05) is 6.07 Å². The van der Waals surface area contributed by atoms with Crippen LogP contribution in [0.1, 0.15) is 16.2 Å². The van der Waals surface area contributed by atoms with E-state index in [1.54, 1.807) is 41.7 Å². The Morgan fingerprint density at radius 1 is 1.31 bits per heavy atom. The van der Waals surface area contributed by atoms with Crippen LogP contribution in [0.2, 0.25) is 0 Å². The molecule has 1 aromatic carbocycles. The van der Waals surface area contributed by atoms with Crippen molar-refractivity contribution in [2.45, 2.75) is 6.54 Å². The molecule has 0 bridgehead atoms. The maximum atomic E-state index is 12.5. The van der Waals surface area contributed by atoms with E-state index in [0.717, 1.165) is 0 Å². The molecule has 0 aliphatic rings. The number of hydrogen-bond acceptors (Lipinski definition) is 7. The lowest BCUT2D eigenvalue weighted by Gasteiger charge is -2.21. The first kappa shape index (κ1) is 20.6. The molecule has 0 saturated heterocycles. The maximum Gasteiger partial charge on any atom is 0.258 e. The highest BCUT2D eigenvalue weighted by Gasteiger charge is 2.17. The van der Waals surface area contributed by atoms with Gasteiger partial charge in [-0.1, -0.05) is 12.1 Å². The van der Waals surface area contributed by atoms with Crippen molar-refractivity contribution in [3.05, 3.63) is 57.5 Å².